The normalized spacial score (nSPS) is 14.2. The zero-order valence-corrected chi connectivity index (χ0v) is 11.0. The standard InChI is InChI=1S/C13H18F2N2O2/c1-3-8-17-13(2,11(16)18)9-4-6-10(7-5-9)19-12(14)15/h4-7,12,17H,3,8H2,1-2H3,(H2,16,18). The lowest BCUT2D eigenvalue weighted by Crippen LogP contribution is -2.50. The Morgan fingerprint density at radius 3 is 2.42 bits per heavy atom. The Labute approximate surface area is 110 Å². The molecule has 0 aliphatic rings. The lowest BCUT2D eigenvalue weighted by molar-refractivity contribution is -0.124. The van der Waals surface area contributed by atoms with Crippen LogP contribution < -0.4 is 15.8 Å². The Morgan fingerprint density at radius 1 is 1.42 bits per heavy atom. The van der Waals surface area contributed by atoms with Crippen molar-refractivity contribution >= 4 is 5.91 Å². The zero-order chi connectivity index (χ0) is 14.5. The maximum Gasteiger partial charge on any atom is 0.387 e. The van der Waals surface area contributed by atoms with E-state index in [9.17, 15) is 13.6 Å². The van der Waals surface area contributed by atoms with E-state index in [1.54, 1.807) is 19.1 Å². The van der Waals surface area contributed by atoms with Gasteiger partial charge in [0.05, 0.1) is 0 Å². The Bertz CT molecular complexity index is 423. The highest BCUT2D eigenvalue weighted by Gasteiger charge is 2.32. The van der Waals surface area contributed by atoms with Crippen LogP contribution in [0.5, 0.6) is 5.75 Å². The van der Waals surface area contributed by atoms with Gasteiger partial charge in [0.15, 0.2) is 0 Å². The first-order chi connectivity index (χ1) is 8.90. The van der Waals surface area contributed by atoms with Crippen LogP contribution >= 0.6 is 0 Å². The third-order valence-electron chi connectivity index (χ3n) is 2.88. The molecule has 0 aliphatic heterocycles. The number of halogens is 2. The van der Waals surface area contributed by atoms with E-state index in [0.717, 1.165) is 6.42 Å². The molecule has 1 unspecified atom stereocenters. The van der Waals surface area contributed by atoms with Gasteiger partial charge in [-0.15, -0.1) is 0 Å². The van der Waals surface area contributed by atoms with Gasteiger partial charge in [-0.05, 0) is 37.6 Å². The van der Waals surface area contributed by atoms with Crippen LogP contribution in [0.25, 0.3) is 0 Å². The van der Waals surface area contributed by atoms with E-state index >= 15 is 0 Å². The van der Waals surface area contributed by atoms with Crippen LogP contribution in [0.2, 0.25) is 0 Å². The van der Waals surface area contributed by atoms with Gasteiger partial charge < -0.3 is 10.5 Å². The van der Waals surface area contributed by atoms with E-state index in [1.165, 1.54) is 12.1 Å². The van der Waals surface area contributed by atoms with Crippen LogP contribution in [-0.4, -0.2) is 19.1 Å². The highest BCUT2D eigenvalue weighted by atomic mass is 19.3. The fourth-order valence-electron chi connectivity index (χ4n) is 1.68. The number of carbonyl (C=O) groups excluding carboxylic acids is 1. The molecule has 1 atom stereocenters. The summed E-state index contributed by atoms with van der Waals surface area (Å²) < 4.78 is 28.3. The average Bonchev–Trinajstić information content (AvgIpc) is 2.35. The van der Waals surface area contributed by atoms with Crippen LogP contribution in [0, 0.1) is 0 Å². The van der Waals surface area contributed by atoms with Gasteiger partial charge in [0, 0.05) is 0 Å². The maximum atomic E-state index is 12.0. The first-order valence-corrected chi connectivity index (χ1v) is 6.00. The number of rotatable bonds is 7. The number of amides is 1. The molecule has 0 fully saturated rings. The number of carbonyl (C=O) groups is 1. The van der Waals surface area contributed by atoms with Crippen LogP contribution in [0.15, 0.2) is 24.3 Å². The minimum atomic E-state index is -2.87. The molecule has 0 saturated heterocycles. The smallest absolute Gasteiger partial charge is 0.387 e. The Kier molecular flexibility index (Phi) is 5.23. The molecule has 0 spiro atoms. The maximum absolute atomic E-state index is 12.0. The summed E-state index contributed by atoms with van der Waals surface area (Å²) >= 11 is 0. The van der Waals surface area contributed by atoms with E-state index in [2.05, 4.69) is 10.1 Å². The van der Waals surface area contributed by atoms with E-state index < -0.39 is 18.1 Å². The predicted octanol–water partition coefficient (Wildman–Crippen LogP) is 1.99. The number of benzene rings is 1. The number of hydrogen-bond donors (Lipinski definition) is 2. The summed E-state index contributed by atoms with van der Waals surface area (Å²) in [5.74, 6) is -0.482. The summed E-state index contributed by atoms with van der Waals surface area (Å²) in [7, 11) is 0. The van der Waals surface area contributed by atoms with Crippen LogP contribution in [-0.2, 0) is 10.3 Å². The highest BCUT2D eigenvalue weighted by molar-refractivity contribution is 5.85. The van der Waals surface area contributed by atoms with Gasteiger partial charge in [0.2, 0.25) is 5.91 Å². The van der Waals surface area contributed by atoms with Crippen LogP contribution in [0.1, 0.15) is 25.8 Å². The molecule has 1 aromatic carbocycles. The van der Waals surface area contributed by atoms with Gasteiger partial charge in [0.1, 0.15) is 11.3 Å². The molecule has 6 heteroatoms. The lowest BCUT2D eigenvalue weighted by atomic mass is 9.91. The number of alkyl halides is 2. The fourth-order valence-corrected chi connectivity index (χ4v) is 1.68. The molecule has 1 aromatic rings. The van der Waals surface area contributed by atoms with Crippen LogP contribution in [0.4, 0.5) is 8.78 Å². The average molecular weight is 272 g/mol. The van der Waals surface area contributed by atoms with Crippen molar-refractivity contribution < 1.29 is 18.3 Å². The molecular weight excluding hydrogens is 254 g/mol. The summed E-state index contributed by atoms with van der Waals surface area (Å²) in [5.41, 5.74) is 4.99. The second kappa shape index (κ2) is 6.47. The number of nitrogens with one attached hydrogen (secondary N) is 1. The van der Waals surface area contributed by atoms with Gasteiger partial charge in [0.25, 0.3) is 0 Å². The van der Waals surface area contributed by atoms with Crippen molar-refractivity contribution in [3.63, 3.8) is 0 Å². The molecule has 0 heterocycles. The topological polar surface area (TPSA) is 64.3 Å². The van der Waals surface area contributed by atoms with E-state index in [1.807, 2.05) is 6.92 Å². The first kappa shape index (κ1) is 15.4. The van der Waals surface area contributed by atoms with Crippen molar-refractivity contribution in [1.82, 2.24) is 5.32 Å². The number of nitrogens with two attached hydrogens (primary N) is 1. The van der Waals surface area contributed by atoms with Gasteiger partial charge in [-0.25, -0.2) is 0 Å². The van der Waals surface area contributed by atoms with Crippen molar-refractivity contribution in [1.29, 1.82) is 0 Å². The lowest BCUT2D eigenvalue weighted by Gasteiger charge is -2.28. The molecule has 0 aliphatic carbocycles. The number of ether oxygens (including phenoxy) is 1. The van der Waals surface area contributed by atoms with Crippen molar-refractivity contribution in [3.05, 3.63) is 29.8 Å². The van der Waals surface area contributed by atoms with E-state index in [0.29, 0.717) is 12.1 Å². The minimum Gasteiger partial charge on any atom is -0.435 e. The summed E-state index contributed by atoms with van der Waals surface area (Å²) in [5, 5.41) is 3.06. The summed E-state index contributed by atoms with van der Waals surface area (Å²) in [6.07, 6.45) is 0.843. The molecule has 0 radical (unpaired) electrons. The van der Waals surface area contributed by atoms with Crippen molar-refractivity contribution in [2.75, 3.05) is 6.54 Å². The van der Waals surface area contributed by atoms with Gasteiger partial charge in [-0.2, -0.15) is 8.78 Å². The first-order valence-electron chi connectivity index (χ1n) is 6.00. The molecular formula is C13H18F2N2O2. The summed E-state index contributed by atoms with van der Waals surface area (Å²) in [6, 6.07) is 5.86. The molecule has 0 aromatic heterocycles. The highest BCUT2D eigenvalue weighted by Crippen LogP contribution is 2.24. The van der Waals surface area contributed by atoms with E-state index in [-0.39, 0.29) is 5.75 Å². The Hall–Kier alpha value is -1.69. The molecule has 4 nitrogen and oxygen atoms in total. The second-order valence-electron chi connectivity index (χ2n) is 4.32. The molecule has 19 heavy (non-hydrogen) atoms. The van der Waals surface area contributed by atoms with Gasteiger partial charge in [-0.1, -0.05) is 19.1 Å². The summed E-state index contributed by atoms with van der Waals surface area (Å²) in [4.78, 5) is 11.6. The van der Waals surface area contributed by atoms with Gasteiger partial charge >= 0.3 is 6.61 Å². The van der Waals surface area contributed by atoms with Crippen LogP contribution in [0.3, 0.4) is 0 Å². The molecule has 0 saturated carbocycles. The Balaban J connectivity index is 2.94. The summed E-state index contributed by atoms with van der Waals surface area (Å²) in [6.45, 7) is 1.38. The minimum absolute atomic E-state index is 0.0426. The van der Waals surface area contributed by atoms with Crippen molar-refractivity contribution in [3.8, 4) is 5.75 Å². The molecule has 1 amide bonds. The fraction of sp³-hybridized carbons (Fsp3) is 0.462. The largest absolute Gasteiger partial charge is 0.435 e. The predicted molar refractivity (Wildman–Crippen MR) is 67.9 cm³/mol. The quantitative estimate of drug-likeness (QED) is 0.797. The third kappa shape index (κ3) is 3.89. The molecule has 0 bridgehead atoms. The number of hydrogen-bond acceptors (Lipinski definition) is 3. The zero-order valence-electron chi connectivity index (χ0n) is 11.0. The number of primary amides is 1. The van der Waals surface area contributed by atoms with E-state index in [4.69, 9.17) is 5.73 Å². The molecule has 3 N–H and O–H groups in total. The SMILES string of the molecule is CCCNC(C)(C(N)=O)c1ccc(OC(F)F)cc1. The Morgan fingerprint density at radius 2 is 2.00 bits per heavy atom. The molecule has 1 rings (SSSR count). The monoisotopic (exact) mass is 272 g/mol. The second-order valence-corrected chi connectivity index (χ2v) is 4.32. The van der Waals surface area contributed by atoms with Crippen molar-refractivity contribution in [2.24, 2.45) is 5.73 Å². The third-order valence-corrected chi connectivity index (χ3v) is 2.88. The van der Waals surface area contributed by atoms with Crippen molar-refractivity contribution in [2.45, 2.75) is 32.4 Å². The molecule has 106 valence electrons. The van der Waals surface area contributed by atoms with Gasteiger partial charge in [-0.3, -0.25) is 10.1 Å².